The first-order chi connectivity index (χ1) is 12.6. The van der Waals surface area contributed by atoms with Crippen LogP contribution in [0.15, 0.2) is 59.1 Å². The monoisotopic (exact) mass is 349 g/mol. The predicted molar refractivity (Wildman–Crippen MR) is 99.9 cm³/mol. The Bertz CT molecular complexity index is 883. The molecule has 0 aliphatic heterocycles. The lowest BCUT2D eigenvalue weighted by molar-refractivity contribution is 0.188. The minimum Gasteiger partial charge on any atom is -0.491 e. The Hall–Kier alpha value is -2.66. The van der Waals surface area contributed by atoms with Crippen molar-refractivity contribution in [1.82, 2.24) is 10.1 Å². The van der Waals surface area contributed by atoms with Crippen LogP contribution in [0, 0.1) is 0 Å². The van der Waals surface area contributed by atoms with E-state index < -0.39 is 0 Å². The Morgan fingerprint density at radius 1 is 1.12 bits per heavy atom. The smallest absolute Gasteiger partial charge is 0.237 e. The van der Waals surface area contributed by atoms with Crippen molar-refractivity contribution in [1.29, 1.82) is 0 Å². The van der Waals surface area contributed by atoms with Crippen LogP contribution >= 0.6 is 0 Å². The van der Waals surface area contributed by atoms with Gasteiger partial charge >= 0.3 is 0 Å². The molecule has 4 rings (SSSR count). The molecular formula is C21H23N3O2. The highest BCUT2D eigenvalue weighted by Crippen LogP contribution is 2.48. The van der Waals surface area contributed by atoms with Gasteiger partial charge in [-0.15, -0.1) is 0 Å². The molecule has 2 aromatic carbocycles. The highest BCUT2D eigenvalue weighted by atomic mass is 16.5. The number of benzene rings is 2. The van der Waals surface area contributed by atoms with Gasteiger partial charge in [-0.1, -0.05) is 47.6 Å². The molecule has 1 fully saturated rings. The van der Waals surface area contributed by atoms with Crippen LogP contribution in [-0.4, -0.2) is 22.3 Å². The fraction of sp³-hybridized carbons (Fsp3) is 0.333. The maximum Gasteiger partial charge on any atom is 0.237 e. The predicted octanol–water partition coefficient (Wildman–Crippen LogP) is 3.93. The van der Waals surface area contributed by atoms with Crippen LogP contribution < -0.4 is 10.5 Å². The number of nitrogens with two attached hydrogens (primary N) is 1. The molecule has 0 bridgehead atoms. The molecule has 0 saturated heterocycles. The molecular weight excluding hydrogens is 326 g/mol. The second-order valence-corrected chi connectivity index (χ2v) is 7.23. The van der Waals surface area contributed by atoms with Crippen molar-refractivity contribution < 1.29 is 9.26 Å². The minimum absolute atomic E-state index is 0.115. The van der Waals surface area contributed by atoms with E-state index in [4.69, 9.17) is 20.0 Å². The summed E-state index contributed by atoms with van der Waals surface area (Å²) in [5.41, 5.74) is 7.88. The molecule has 0 amide bonds. The zero-order valence-electron chi connectivity index (χ0n) is 15.1. The first-order valence-electron chi connectivity index (χ1n) is 8.99. The molecule has 0 radical (unpaired) electrons. The maximum atomic E-state index is 6.11. The van der Waals surface area contributed by atoms with Crippen LogP contribution in [0.5, 0.6) is 5.75 Å². The van der Waals surface area contributed by atoms with E-state index in [2.05, 4.69) is 17.3 Å². The van der Waals surface area contributed by atoms with Gasteiger partial charge in [-0.25, -0.2) is 0 Å². The molecule has 0 atom stereocenters. The number of hydrogen-bond donors (Lipinski definition) is 1. The summed E-state index contributed by atoms with van der Waals surface area (Å²) in [6.45, 7) is 4.01. The standard InChI is InChI=1S/C21H23N3O2/c1-14(2)25-18-10-6-7-15(11-18)19-23-20(26-24-19)21(12-17(22)13-21)16-8-4-3-5-9-16/h3-11,14,17H,12-13,22H2,1-2H3. The van der Waals surface area contributed by atoms with Gasteiger partial charge in [-0.05, 0) is 44.4 Å². The largest absolute Gasteiger partial charge is 0.491 e. The Labute approximate surface area is 153 Å². The Morgan fingerprint density at radius 2 is 1.88 bits per heavy atom. The quantitative estimate of drug-likeness (QED) is 0.755. The molecule has 1 saturated carbocycles. The average Bonchev–Trinajstić information content (AvgIpc) is 3.09. The lowest BCUT2D eigenvalue weighted by Crippen LogP contribution is -2.50. The zero-order valence-corrected chi connectivity index (χ0v) is 15.1. The summed E-state index contributed by atoms with van der Waals surface area (Å²) in [6, 6.07) is 18.2. The summed E-state index contributed by atoms with van der Waals surface area (Å²) in [5, 5.41) is 4.22. The van der Waals surface area contributed by atoms with Gasteiger partial charge < -0.3 is 15.0 Å². The van der Waals surface area contributed by atoms with Gasteiger partial charge in [-0.3, -0.25) is 0 Å². The van der Waals surface area contributed by atoms with Crippen molar-refractivity contribution in [2.24, 2.45) is 5.73 Å². The summed E-state index contributed by atoms with van der Waals surface area (Å²) in [4.78, 5) is 4.72. The third-order valence-electron chi connectivity index (χ3n) is 4.85. The first kappa shape index (κ1) is 16.8. The Balaban J connectivity index is 1.67. The molecule has 0 unspecified atom stereocenters. The molecule has 1 aliphatic rings. The van der Waals surface area contributed by atoms with Crippen LogP contribution in [-0.2, 0) is 5.41 Å². The molecule has 2 N–H and O–H groups in total. The summed E-state index contributed by atoms with van der Waals surface area (Å²) in [5.74, 6) is 2.01. The van der Waals surface area contributed by atoms with E-state index in [0.29, 0.717) is 11.7 Å². The SMILES string of the molecule is CC(C)Oc1cccc(-c2noc(C3(c4ccccc4)CC(N)C3)n2)c1. The number of hydrogen-bond acceptors (Lipinski definition) is 5. The van der Waals surface area contributed by atoms with E-state index in [1.54, 1.807) is 0 Å². The molecule has 3 aromatic rings. The molecule has 1 aromatic heterocycles. The van der Waals surface area contributed by atoms with Gasteiger partial charge in [0.1, 0.15) is 5.75 Å². The van der Waals surface area contributed by atoms with E-state index in [9.17, 15) is 0 Å². The molecule has 5 nitrogen and oxygen atoms in total. The summed E-state index contributed by atoms with van der Waals surface area (Å²) >= 11 is 0. The fourth-order valence-electron chi connectivity index (χ4n) is 3.64. The molecule has 134 valence electrons. The van der Waals surface area contributed by atoms with Crippen molar-refractivity contribution in [3.8, 4) is 17.1 Å². The van der Waals surface area contributed by atoms with E-state index >= 15 is 0 Å². The summed E-state index contributed by atoms with van der Waals surface area (Å²) in [7, 11) is 0. The zero-order chi connectivity index (χ0) is 18.1. The van der Waals surface area contributed by atoms with Gasteiger partial charge in [0.2, 0.25) is 11.7 Å². The number of ether oxygens (including phenoxy) is 1. The number of rotatable bonds is 5. The van der Waals surface area contributed by atoms with Gasteiger partial charge in [0.05, 0.1) is 11.5 Å². The molecule has 0 spiro atoms. The van der Waals surface area contributed by atoms with E-state index in [1.165, 1.54) is 5.56 Å². The minimum atomic E-state index is -0.280. The third kappa shape index (κ3) is 2.99. The van der Waals surface area contributed by atoms with Crippen LogP contribution in [0.1, 0.15) is 38.1 Å². The first-order valence-corrected chi connectivity index (χ1v) is 8.99. The van der Waals surface area contributed by atoms with Crippen LogP contribution in [0.3, 0.4) is 0 Å². The van der Waals surface area contributed by atoms with Crippen molar-refractivity contribution in [2.75, 3.05) is 0 Å². The Kier molecular flexibility index (Phi) is 4.24. The normalized spacial score (nSPS) is 22.2. The summed E-state index contributed by atoms with van der Waals surface area (Å²) < 4.78 is 11.5. The van der Waals surface area contributed by atoms with Gasteiger partial charge in [0.25, 0.3) is 0 Å². The van der Waals surface area contributed by atoms with E-state index in [1.807, 2.05) is 56.3 Å². The van der Waals surface area contributed by atoms with Crippen molar-refractivity contribution in [3.05, 3.63) is 66.1 Å². The van der Waals surface area contributed by atoms with Crippen LogP contribution in [0.2, 0.25) is 0 Å². The topological polar surface area (TPSA) is 74.2 Å². The maximum absolute atomic E-state index is 6.11. The van der Waals surface area contributed by atoms with Crippen molar-refractivity contribution in [3.63, 3.8) is 0 Å². The van der Waals surface area contributed by atoms with Crippen molar-refractivity contribution in [2.45, 2.75) is 44.2 Å². The van der Waals surface area contributed by atoms with Crippen molar-refractivity contribution >= 4 is 0 Å². The molecule has 5 heteroatoms. The highest BCUT2D eigenvalue weighted by Gasteiger charge is 2.49. The number of nitrogens with zero attached hydrogens (tertiary/aromatic N) is 2. The molecule has 1 heterocycles. The average molecular weight is 349 g/mol. The van der Waals surface area contributed by atoms with Gasteiger partial charge in [0, 0.05) is 11.6 Å². The van der Waals surface area contributed by atoms with E-state index in [-0.39, 0.29) is 17.6 Å². The fourth-order valence-corrected chi connectivity index (χ4v) is 3.64. The second kappa shape index (κ2) is 6.57. The van der Waals surface area contributed by atoms with Crippen LogP contribution in [0.25, 0.3) is 11.4 Å². The molecule has 1 aliphatic carbocycles. The second-order valence-electron chi connectivity index (χ2n) is 7.23. The Morgan fingerprint density at radius 3 is 2.58 bits per heavy atom. The lowest BCUT2D eigenvalue weighted by Gasteiger charge is -2.43. The van der Waals surface area contributed by atoms with Crippen LogP contribution in [0.4, 0.5) is 0 Å². The van der Waals surface area contributed by atoms with E-state index in [0.717, 1.165) is 24.2 Å². The third-order valence-corrected chi connectivity index (χ3v) is 4.85. The number of aromatic nitrogens is 2. The highest BCUT2D eigenvalue weighted by molar-refractivity contribution is 5.57. The van der Waals surface area contributed by atoms with Gasteiger partial charge in [0.15, 0.2) is 0 Å². The summed E-state index contributed by atoms with van der Waals surface area (Å²) in [6.07, 6.45) is 1.74. The molecule has 26 heavy (non-hydrogen) atoms. The van der Waals surface area contributed by atoms with Gasteiger partial charge in [-0.2, -0.15) is 4.98 Å². The lowest BCUT2D eigenvalue weighted by atomic mass is 9.61.